The average molecular weight is 899 g/mol. The molecule has 6 rings (SSSR count). The maximum Gasteiger partial charge on any atom is 0.338 e. The summed E-state index contributed by atoms with van der Waals surface area (Å²) in [5, 5.41) is 0. The van der Waals surface area contributed by atoms with Crippen LogP contribution >= 0.6 is 0 Å². The number of rotatable bonds is 23. The van der Waals surface area contributed by atoms with Crippen molar-refractivity contribution in [3.63, 3.8) is 0 Å². The molecule has 0 spiro atoms. The fourth-order valence-corrected chi connectivity index (χ4v) is 7.59. The highest BCUT2D eigenvalue weighted by Gasteiger charge is 2.54. The highest BCUT2D eigenvalue weighted by atomic mass is 16.7. The minimum Gasteiger partial charge on any atom is -0.459 e. The van der Waals surface area contributed by atoms with Gasteiger partial charge in [-0.05, 0) is 93.3 Å². The van der Waals surface area contributed by atoms with Crippen molar-refractivity contribution >= 4 is 29.8 Å². The number of hydrogen-bond donors (Lipinski definition) is 0. The van der Waals surface area contributed by atoms with Crippen LogP contribution in [-0.4, -0.2) is 79.4 Å². The molecule has 1 aliphatic heterocycles. The van der Waals surface area contributed by atoms with E-state index in [1.807, 2.05) is 13.0 Å². The molecule has 0 N–H and O–H groups in total. The number of benzene rings is 5. The van der Waals surface area contributed by atoms with Crippen LogP contribution in [0.1, 0.15) is 123 Å². The van der Waals surface area contributed by atoms with Gasteiger partial charge in [-0.15, -0.1) is 0 Å². The van der Waals surface area contributed by atoms with E-state index >= 15 is 0 Å². The van der Waals surface area contributed by atoms with Gasteiger partial charge in [0.2, 0.25) is 0 Å². The van der Waals surface area contributed by atoms with Gasteiger partial charge in [-0.3, -0.25) is 0 Å². The van der Waals surface area contributed by atoms with Crippen molar-refractivity contribution < 1.29 is 57.1 Å². The molecule has 0 amide bonds. The third-order valence-corrected chi connectivity index (χ3v) is 11.1. The van der Waals surface area contributed by atoms with Crippen LogP contribution in [0.15, 0.2) is 152 Å². The van der Waals surface area contributed by atoms with Gasteiger partial charge in [-0.2, -0.15) is 0 Å². The van der Waals surface area contributed by atoms with Crippen LogP contribution < -0.4 is 0 Å². The summed E-state index contributed by atoms with van der Waals surface area (Å²) < 4.78 is 43.7. The fourth-order valence-electron chi connectivity index (χ4n) is 7.59. The van der Waals surface area contributed by atoms with Crippen LogP contribution in [-0.2, 0) is 33.2 Å². The van der Waals surface area contributed by atoms with Gasteiger partial charge in [0.25, 0.3) is 0 Å². The highest BCUT2D eigenvalue weighted by Crippen LogP contribution is 2.33. The number of esters is 5. The van der Waals surface area contributed by atoms with Crippen molar-refractivity contribution in [3.05, 3.63) is 179 Å². The summed E-state index contributed by atoms with van der Waals surface area (Å²) in [5.41, 5.74) is 1.38. The average Bonchev–Trinajstić information content (AvgIpc) is 3.36. The summed E-state index contributed by atoms with van der Waals surface area (Å²) in [6.07, 6.45) is -0.849. The van der Waals surface area contributed by atoms with Crippen molar-refractivity contribution in [2.45, 2.75) is 115 Å². The van der Waals surface area contributed by atoms with E-state index in [0.29, 0.717) is 24.8 Å². The Bertz CT molecular complexity index is 2260. The van der Waals surface area contributed by atoms with E-state index in [1.165, 1.54) is 0 Å². The third-order valence-electron chi connectivity index (χ3n) is 11.1. The van der Waals surface area contributed by atoms with E-state index in [-0.39, 0.29) is 34.3 Å². The molecule has 1 aliphatic rings. The Balaban J connectivity index is 1.29. The van der Waals surface area contributed by atoms with E-state index in [1.54, 1.807) is 146 Å². The molecule has 12 nitrogen and oxygen atoms in total. The van der Waals surface area contributed by atoms with E-state index < -0.39 is 67.3 Å². The maximum absolute atomic E-state index is 14.1. The topological polar surface area (TPSA) is 150 Å². The molecule has 66 heavy (non-hydrogen) atoms. The van der Waals surface area contributed by atoms with E-state index in [9.17, 15) is 24.0 Å². The molecular formula is C54H58O12. The number of carbonyl (C=O) groups excluding carboxylic acids is 5. The molecule has 12 heteroatoms. The van der Waals surface area contributed by atoms with Gasteiger partial charge in [0.1, 0.15) is 12.7 Å². The number of hydrogen-bond acceptors (Lipinski definition) is 12. The first-order chi connectivity index (χ1) is 32.2. The lowest BCUT2D eigenvalue weighted by atomic mass is 9.97. The standard InChI is InChI=1S/C54H58O12/c1-3-4-11-35-44(36-23-5-12-24-38(2)61-50(56)40-27-15-7-16-28-40)62-54-48(66-53(59)43-33-21-10-22-34-43)47(65-52(58)42-31-19-9-20-32-42)46(64-51(57)41-29-17-8-18-30-41)45(63-54)37-60-49(55)39-25-13-6-14-26-39/h6-10,13-22,25-34,38,44-48,54H,3-5,11-12,23-24,35-37H2,1-2H3/t38-,44-,45-,46-,47+,48-,54-/m1/s1. The Morgan fingerprint density at radius 1 is 0.470 bits per heavy atom. The van der Waals surface area contributed by atoms with Crippen molar-refractivity contribution in [1.29, 1.82) is 0 Å². The monoisotopic (exact) mass is 898 g/mol. The van der Waals surface area contributed by atoms with E-state index in [0.717, 1.165) is 38.5 Å². The largest absolute Gasteiger partial charge is 0.459 e. The Labute approximate surface area is 386 Å². The van der Waals surface area contributed by atoms with Gasteiger partial charge >= 0.3 is 29.8 Å². The van der Waals surface area contributed by atoms with E-state index in [2.05, 4.69) is 6.92 Å². The van der Waals surface area contributed by atoms with Gasteiger partial charge in [-0.1, -0.05) is 130 Å². The molecule has 0 bridgehead atoms. The second-order valence-corrected chi connectivity index (χ2v) is 16.2. The molecule has 7 atom stereocenters. The summed E-state index contributed by atoms with van der Waals surface area (Å²) in [6.45, 7) is 3.54. The molecular weight excluding hydrogens is 841 g/mol. The van der Waals surface area contributed by atoms with Crippen molar-refractivity contribution in [2.24, 2.45) is 0 Å². The van der Waals surface area contributed by atoms with Gasteiger partial charge in [-0.25, -0.2) is 24.0 Å². The second-order valence-electron chi connectivity index (χ2n) is 16.2. The molecule has 5 aromatic rings. The molecule has 346 valence electrons. The first kappa shape index (κ1) is 48.8. The van der Waals surface area contributed by atoms with Gasteiger partial charge in [0, 0.05) is 0 Å². The molecule has 5 aromatic carbocycles. The van der Waals surface area contributed by atoms with Crippen molar-refractivity contribution in [3.8, 4) is 0 Å². The third kappa shape index (κ3) is 14.7. The van der Waals surface area contributed by atoms with Gasteiger partial charge in [0.15, 0.2) is 24.6 Å². The normalized spacial score (nSPS) is 18.8. The predicted molar refractivity (Wildman–Crippen MR) is 246 cm³/mol. The SMILES string of the molecule is CCCCC[C@H](CCCCC[C@@H](C)OC(=O)c1ccccc1)O[C@@H]1O[C@H](COC(=O)c2ccccc2)[C@@H](OC(=O)c2ccccc2)[C@H](OC(=O)c2ccccc2)[C@H]1OC(=O)c1ccccc1. The summed E-state index contributed by atoms with van der Waals surface area (Å²) in [4.78, 5) is 68.0. The minimum atomic E-state index is -1.52. The lowest BCUT2D eigenvalue weighted by Crippen LogP contribution is -2.63. The quantitative estimate of drug-likeness (QED) is 0.0349. The first-order valence-electron chi connectivity index (χ1n) is 22.8. The number of carbonyl (C=O) groups is 5. The van der Waals surface area contributed by atoms with Crippen LogP contribution in [0.4, 0.5) is 0 Å². The summed E-state index contributed by atoms with van der Waals surface area (Å²) in [6, 6.07) is 42.1. The molecule has 1 fully saturated rings. The van der Waals surface area contributed by atoms with Crippen LogP contribution in [0.2, 0.25) is 0 Å². The molecule has 0 unspecified atom stereocenters. The fraction of sp³-hybridized carbons (Fsp3) is 0.352. The Morgan fingerprint density at radius 3 is 1.33 bits per heavy atom. The number of unbranched alkanes of at least 4 members (excludes halogenated alkanes) is 4. The predicted octanol–water partition coefficient (Wildman–Crippen LogP) is 10.4. The summed E-state index contributed by atoms with van der Waals surface area (Å²) in [7, 11) is 0. The van der Waals surface area contributed by atoms with Crippen molar-refractivity contribution in [2.75, 3.05) is 6.61 Å². The van der Waals surface area contributed by atoms with Crippen molar-refractivity contribution in [1.82, 2.24) is 0 Å². The Hall–Kier alpha value is -6.63. The Morgan fingerprint density at radius 2 is 0.864 bits per heavy atom. The minimum absolute atomic E-state index is 0.191. The summed E-state index contributed by atoms with van der Waals surface area (Å²) >= 11 is 0. The zero-order valence-electron chi connectivity index (χ0n) is 37.4. The highest BCUT2D eigenvalue weighted by molar-refractivity contribution is 5.92. The van der Waals surface area contributed by atoms with Crippen LogP contribution in [0.5, 0.6) is 0 Å². The summed E-state index contributed by atoms with van der Waals surface area (Å²) in [5.74, 6) is -3.35. The Kier molecular flexibility index (Phi) is 19.0. The maximum atomic E-state index is 14.1. The smallest absolute Gasteiger partial charge is 0.338 e. The van der Waals surface area contributed by atoms with Crippen LogP contribution in [0, 0.1) is 0 Å². The second kappa shape index (κ2) is 25.8. The molecule has 1 saturated heterocycles. The van der Waals surface area contributed by atoms with Gasteiger partial charge in [0.05, 0.1) is 40.0 Å². The lowest BCUT2D eigenvalue weighted by molar-refractivity contribution is -0.309. The van der Waals surface area contributed by atoms with Gasteiger partial charge < -0.3 is 33.2 Å². The zero-order valence-corrected chi connectivity index (χ0v) is 37.4. The van der Waals surface area contributed by atoms with E-state index in [4.69, 9.17) is 33.2 Å². The molecule has 0 aromatic heterocycles. The lowest BCUT2D eigenvalue weighted by Gasteiger charge is -2.45. The van der Waals surface area contributed by atoms with Crippen LogP contribution in [0.25, 0.3) is 0 Å². The molecule has 0 radical (unpaired) electrons. The molecule has 0 saturated carbocycles. The molecule has 0 aliphatic carbocycles. The number of ether oxygens (including phenoxy) is 7. The first-order valence-corrected chi connectivity index (χ1v) is 22.8. The molecule has 1 heterocycles. The van der Waals surface area contributed by atoms with Crippen LogP contribution in [0.3, 0.4) is 0 Å². The zero-order chi connectivity index (χ0) is 46.5.